The highest BCUT2D eigenvalue weighted by Gasteiger charge is 2.27. The molecule has 0 aliphatic heterocycles. The number of rotatable bonds is 3. The summed E-state index contributed by atoms with van der Waals surface area (Å²) in [6, 6.07) is 10.9. The molecular weight excluding hydrogens is 246 g/mol. The number of fused-ring (bicyclic) bond motifs is 1. The van der Waals surface area contributed by atoms with E-state index in [0.29, 0.717) is 5.92 Å². The van der Waals surface area contributed by atoms with Crippen LogP contribution in [0.2, 0.25) is 0 Å². The summed E-state index contributed by atoms with van der Waals surface area (Å²) < 4.78 is 0. The molecule has 0 amide bonds. The number of nitrogens with zero attached hydrogens (tertiary/aromatic N) is 1. The van der Waals surface area contributed by atoms with Crippen molar-refractivity contribution < 1.29 is 0 Å². The number of nitrogens with two attached hydrogens (primary N) is 1. The third kappa shape index (κ3) is 2.41. The average molecular weight is 267 g/mol. The highest BCUT2D eigenvalue weighted by molar-refractivity contribution is 5.47. The lowest BCUT2D eigenvalue weighted by atomic mass is 9.78. The van der Waals surface area contributed by atoms with Crippen molar-refractivity contribution in [1.82, 2.24) is 10.3 Å². The fourth-order valence-electron chi connectivity index (χ4n) is 3.33. The van der Waals surface area contributed by atoms with Gasteiger partial charge in [-0.2, -0.15) is 0 Å². The maximum Gasteiger partial charge on any atom is 0.0393 e. The van der Waals surface area contributed by atoms with Crippen LogP contribution in [0.5, 0.6) is 0 Å². The molecule has 2 atom stereocenters. The van der Waals surface area contributed by atoms with Gasteiger partial charge in [0.05, 0.1) is 0 Å². The lowest BCUT2D eigenvalue weighted by molar-refractivity contribution is 0.342. The summed E-state index contributed by atoms with van der Waals surface area (Å²) in [5.74, 6) is 0.571. The smallest absolute Gasteiger partial charge is 0.0393 e. The van der Waals surface area contributed by atoms with E-state index in [-0.39, 0.29) is 6.04 Å². The first kappa shape index (κ1) is 13.1. The minimum atomic E-state index is 0.275. The van der Waals surface area contributed by atoms with Crippen LogP contribution in [0.25, 0.3) is 0 Å². The van der Waals surface area contributed by atoms with Crippen LogP contribution in [-0.4, -0.2) is 12.0 Å². The Morgan fingerprint density at radius 2 is 2.05 bits per heavy atom. The largest absolute Gasteiger partial charge is 0.398 e. The van der Waals surface area contributed by atoms with Gasteiger partial charge in [-0.15, -0.1) is 0 Å². The molecule has 0 saturated heterocycles. The van der Waals surface area contributed by atoms with Crippen LogP contribution >= 0.6 is 0 Å². The van der Waals surface area contributed by atoms with Gasteiger partial charge in [0, 0.05) is 29.7 Å². The predicted octanol–water partition coefficient (Wildman–Crippen LogP) is 2.73. The Bertz CT molecular complexity index is 594. The van der Waals surface area contributed by atoms with Gasteiger partial charge in [-0.05, 0) is 49.4 Å². The summed E-state index contributed by atoms with van der Waals surface area (Å²) in [5.41, 5.74) is 11.1. The van der Waals surface area contributed by atoms with Crippen LogP contribution in [-0.2, 0) is 12.8 Å². The van der Waals surface area contributed by atoms with Gasteiger partial charge >= 0.3 is 0 Å². The summed E-state index contributed by atoms with van der Waals surface area (Å²) in [6.07, 6.45) is 7.10. The molecule has 1 aromatic carbocycles. The molecule has 0 spiro atoms. The zero-order valence-corrected chi connectivity index (χ0v) is 11.8. The minimum absolute atomic E-state index is 0.275. The maximum atomic E-state index is 6.12. The fourth-order valence-corrected chi connectivity index (χ4v) is 3.33. The normalized spacial score (nSPS) is 19.4. The SMILES string of the molecule is CNC(c1cnccc1N)C1CCc2ccccc2C1. The molecule has 20 heavy (non-hydrogen) atoms. The molecule has 2 unspecified atom stereocenters. The highest BCUT2D eigenvalue weighted by Crippen LogP contribution is 2.35. The van der Waals surface area contributed by atoms with Gasteiger partial charge in [0.25, 0.3) is 0 Å². The third-order valence-electron chi connectivity index (χ3n) is 4.39. The van der Waals surface area contributed by atoms with Crippen LogP contribution in [0, 0.1) is 5.92 Å². The maximum absolute atomic E-state index is 6.12. The standard InChI is InChI=1S/C17H21N3/c1-19-17(15-11-20-9-8-16(15)18)14-7-6-12-4-2-3-5-13(12)10-14/h2-5,8-9,11,14,17,19H,6-7,10H2,1H3,(H2,18,20). The molecule has 0 fully saturated rings. The first-order valence-electron chi connectivity index (χ1n) is 7.23. The summed E-state index contributed by atoms with van der Waals surface area (Å²) in [7, 11) is 2.01. The monoisotopic (exact) mass is 267 g/mol. The van der Waals surface area contributed by atoms with Gasteiger partial charge in [0.1, 0.15) is 0 Å². The quantitative estimate of drug-likeness (QED) is 0.899. The number of aromatic nitrogens is 1. The van der Waals surface area contributed by atoms with E-state index >= 15 is 0 Å². The van der Waals surface area contributed by atoms with E-state index in [1.807, 2.05) is 19.3 Å². The zero-order chi connectivity index (χ0) is 13.9. The van der Waals surface area contributed by atoms with Gasteiger partial charge in [-0.1, -0.05) is 24.3 Å². The number of nitrogen functional groups attached to an aromatic ring is 1. The Balaban J connectivity index is 1.87. The second-order valence-electron chi connectivity index (χ2n) is 5.54. The molecule has 3 nitrogen and oxygen atoms in total. The number of benzene rings is 1. The molecule has 0 saturated carbocycles. The minimum Gasteiger partial charge on any atom is -0.398 e. The topological polar surface area (TPSA) is 50.9 Å². The molecule has 1 aliphatic carbocycles. The Morgan fingerprint density at radius 3 is 2.80 bits per heavy atom. The molecule has 1 aromatic heterocycles. The number of aryl methyl sites for hydroxylation is 1. The van der Waals surface area contributed by atoms with E-state index in [4.69, 9.17) is 5.73 Å². The molecule has 104 valence electrons. The molecule has 1 aliphatic rings. The van der Waals surface area contributed by atoms with E-state index in [9.17, 15) is 0 Å². The van der Waals surface area contributed by atoms with E-state index < -0.39 is 0 Å². The molecule has 1 heterocycles. The highest BCUT2D eigenvalue weighted by atomic mass is 14.9. The second kappa shape index (κ2) is 5.63. The van der Waals surface area contributed by atoms with Gasteiger partial charge in [0.2, 0.25) is 0 Å². The number of hydrogen-bond donors (Lipinski definition) is 2. The van der Waals surface area contributed by atoms with Crippen LogP contribution in [0.4, 0.5) is 5.69 Å². The molecule has 3 rings (SSSR count). The molecule has 0 radical (unpaired) electrons. The lowest BCUT2D eigenvalue weighted by Crippen LogP contribution is -2.30. The van der Waals surface area contributed by atoms with Crippen molar-refractivity contribution in [3.8, 4) is 0 Å². The number of pyridine rings is 1. The van der Waals surface area contributed by atoms with E-state index in [2.05, 4.69) is 34.6 Å². The van der Waals surface area contributed by atoms with Crippen molar-refractivity contribution in [2.45, 2.75) is 25.3 Å². The summed E-state index contributed by atoms with van der Waals surface area (Å²) in [5, 5.41) is 3.44. The van der Waals surface area contributed by atoms with Crippen molar-refractivity contribution >= 4 is 5.69 Å². The predicted molar refractivity (Wildman–Crippen MR) is 82.4 cm³/mol. The van der Waals surface area contributed by atoms with Crippen LogP contribution in [0.3, 0.4) is 0 Å². The van der Waals surface area contributed by atoms with Gasteiger partial charge in [0.15, 0.2) is 0 Å². The van der Waals surface area contributed by atoms with Gasteiger partial charge in [-0.3, -0.25) is 4.98 Å². The second-order valence-corrected chi connectivity index (χ2v) is 5.54. The molecule has 0 bridgehead atoms. The third-order valence-corrected chi connectivity index (χ3v) is 4.39. The van der Waals surface area contributed by atoms with Crippen LogP contribution in [0.1, 0.15) is 29.2 Å². The Hall–Kier alpha value is -1.87. The van der Waals surface area contributed by atoms with Gasteiger partial charge < -0.3 is 11.1 Å². The number of nitrogens with one attached hydrogen (secondary N) is 1. The van der Waals surface area contributed by atoms with Crippen molar-refractivity contribution in [2.24, 2.45) is 5.92 Å². The molecular formula is C17H21N3. The Morgan fingerprint density at radius 1 is 1.25 bits per heavy atom. The van der Waals surface area contributed by atoms with E-state index in [1.54, 1.807) is 6.20 Å². The molecule has 3 heteroatoms. The Labute approximate surface area is 120 Å². The average Bonchev–Trinajstić information content (AvgIpc) is 2.50. The van der Waals surface area contributed by atoms with Crippen molar-refractivity contribution in [2.75, 3.05) is 12.8 Å². The molecule has 2 aromatic rings. The first-order valence-corrected chi connectivity index (χ1v) is 7.23. The zero-order valence-electron chi connectivity index (χ0n) is 11.8. The van der Waals surface area contributed by atoms with Crippen molar-refractivity contribution in [3.63, 3.8) is 0 Å². The summed E-state index contributed by atoms with van der Waals surface area (Å²) >= 11 is 0. The summed E-state index contributed by atoms with van der Waals surface area (Å²) in [6.45, 7) is 0. The van der Waals surface area contributed by atoms with Crippen molar-refractivity contribution in [1.29, 1.82) is 0 Å². The number of anilines is 1. The Kier molecular flexibility index (Phi) is 3.70. The fraction of sp³-hybridized carbons (Fsp3) is 0.353. The first-order chi connectivity index (χ1) is 9.79. The van der Waals surface area contributed by atoms with E-state index in [0.717, 1.165) is 24.1 Å². The summed E-state index contributed by atoms with van der Waals surface area (Å²) in [4.78, 5) is 4.23. The number of hydrogen-bond acceptors (Lipinski definition) is 3. The molecule has 3 N–H and O–H groups in total. The van der Waals surface area contributed by atoms with Crippen molar-refractivity contribution in [3.05, 3.63) is 59.4 Å². The van der Waals surface area contributed by atoms with Crippen LogP contribution in [0.15, 0.2) is 42.7 Å². The van der Waals surface area contributed by atoms with Crippen LogP contribution < -0.4 is 11.1 Å². The van der Waals surface area contributed by atoms with E-state index in [1.165, 1.54) is 17.5 Å². The lowest BCUT2D eigenvalue weighted by Gasteiger charge is -2.32. The van der Waals surface area contributed by atoms with Gasteiger partial charge in [-0.25, -0.2) is 0 Å².